The van der Waals surface area contributed by atoms with Crippen LogP contribution in [-0.2, 0) is 11.2 Å². The highest BCUT2D eigenvalue weighted by Crippen LogP contribution is 2.25. The van der Waals surface area contributed by atoms with E-state index in [1.54, 1.807) is 16.8 Å². The number of thiophene rings is 1. The predicted octanol–water partition coefficient (Wildman–Crippen LogP) is 4.25. The Morgan fingerprint density at radius 2 is 1.88 bits per heavy atom. The van der Waals surface area contributed by atoms with E-state index in [1.165, 1.54) is 34.0 Å². The number of thiazole rings is 2. The number of rotatable bonds is 5. The molecule has 9 heteroatoms. The van der Waals surface area contributed by atoms with Crippen LogP contribution in [0.4, 0.5) is 10.3 Å². The first-order chi connectivity index (χ1) is 12.7. The summed E-state index contributed by atoms with van der Waals surface area (Å²) in [7, 11) is 0. The second-order valence-electron chi connectivity index (χ2n) is 5.32. The first-order valence-corrected chi connectivity index (χ1v) is 10.2. The van der Waals surface area contributed by atoms with Gasteiger partial charge < -0.3 is 5.32 Å². The minimum atomic E-state index is -0.203. The lowest BCUT2D eigenvalue weighted by molar-refractivity contribution is -0.115. The van der Waals surface area contributed by atoms with Crippen LogP contribution in [0.2, 0.25) is 0 Å². The SMILES string of the molecule is O=C(Cc1csc(NC(=O)c2ccsc2)n1)Nc1nc2ccccc2s1. The number of fused-ring (bicyclic) bond motifs is 1. The number of amides is 2. The van der Waals surface area contributed by atoms with E-state index in [4.69, 9.17) is 0 Å². The average Bonchev–Trinajstić information content (AvgIpc) is 3.34. The van der Waals surface area contributed by atoms with Gasteiger partial charge in [0.15, 0.2) is 10.3 Å². The Morgan fingerprint density at radius 3 is 2.69 bits per heavy atom. The summed E-state index contributed by atoms with van der Waals surface area (Å²) in [6, 6.07) is 9.47. The van der Waals surface area contributed by atoms with E-state index in [9.17, 15) is 9.59 Å². The van der Waals surface area contributed by atoms with E-state index < -0.39 is 0 Å². The largest absolute Gasteiger partial charge is 0.302 e. The number of nitrogens with zero attached hydrogens (tertiary/aromatic N) is 2. The highest BCUT2D eigenvalue weighted by molar-refractivity contribution is 7.22. The fourth-order valence-electron chi connectivity index (χ4n) is 2.26. The zero-order valence-corrected chi connectivity index (χ0v) is 15.7. The smallest absolute Gasteiger partial charge is 0.258 e. The molecular formula is C17H12N4O2S3. The summed E-state index contributed by atoms with van der Waals surface area (Å²) in [5, 5.41) is 12.0. The first kappa shape index (κ1) is 16.8. The van der Waals surface area contributed by atoms with Crippen molar-refractivity contribution in [2.24, 2.45) is 0 Å². The monoisotopic (exact) mass is 400 g/mol. The van der Waals surface area contributed by atoms with Gasteiger partial charge in [-0.2, -0.15) is 11.3 Å². The lowest BCUT2D eigenvalue weighted by Gasteiger charge is -1.99. The maximum Gasteiger partial charge on any atom is 0.258 e. The van der Waals surface area contributed by atoms with Crippen molar-refractivity contribution in [3.05, 3.63) is 57.7 Å². The van der Waals surface area contributed by atoms with Gasteiger partial charge in [0, 0.05) is 10.8 Å². The number of benzene rings is 1. The molecule has 0 aliphatic carbocycles. The molecule has 26 heavy (non-hydrogen) atoms. The Labute approximate surface area is 160 Å². The molecule has 3 heterocycles. The number of hydrogen-bond acceptors (Lipinski definition) is 7. The van der Waals surface area contributed by atoms with E-state index in [0.717, 1.165) is 10.2 Å². The summed E-state index contributed by atoms with van der Waals surface area (Å²) < 4.78 is 1.02. The van der Waals surface area contributed by atoms with Crippen LogP contribution in [0.15, 0.2) is 46.5 Å². The van der Waals surface area contributed by atoms with Crippen molar-refractivity contribution in [2.75, 3.05) is 10.6 Å². The van der Waals surface area contributed by atoms with Gasteiger partial charge in [-0.05, 0) is 23.6 Å². The van der Waals surface area contributed by atoms with Crippen molar-refractivity contribution >= 4 is 66.3 Å². The molecule has 0 aliphatic heterocycles. The topological polar surface area (TPSA) is 84.0 Å². The lowest BCUT2D eigenvalue weighted by Crippen LogP contribution is -2.15. The third kappa shape index (κ3) is 3.79. The zero-order valence-electron chi connectivity index (χ0n) is 13.3. The summed E-state index contributed by atoms with van der Waals surface area (Å²) in [5.41, 5.74) is 2.06. The van der Waals surface area contributed by atoms with Crippen LogP contribution in [0.1, 0.15) is 16.1 Å². The summed E-state index contributed by atoms with van der Waals surface area (Å²) >= 11 is 4.18. The number of aromatic nitrogens is 2. The molecule has 0 unspecified atom stereocenters. The minimum Gasteiger partial charge on any atom is -0.302 e. The van der Waals surface area contributed by atoms with Gasteiger partial charge in [0.1, 0.15) is 0 Å². The molecule has 4 aromatic rings. The van der Waals surface area contributed by atoms with Gasteiger partial charge in [-0.1, -0.05) is 23.5 Å². The van der Waals surface area contributed by atoms with Crippen molar-refractivity contribution in [1.82, 2.24) is 9.97 Å². The number of para-hydroxylation sites is 1. The molecule has 2 amide bonds. The van der Waals surface area contributed by atoms with Crippen LogP contribution < -0.4 is 10.6 Å². The quantitative estimate of drug-likeness (QED) is 0.525. The second-order valence-corrected chi connectivity index (χ2v) is 7.99. The van der Waals surface area contributed by atoms with Crippen molar-refractivity contribution in [3.63, 3.8) is 0 Å². The molecule has 0 spiro atoms. The molecule has 0 saturated carbocycles. The van der Waals surface area contributed by atoms with Crippen molar-refractivity contribution in [2.45, 2.75) is 6.42 Å². The highest BCUT2D eigenvalue weighted by atomic mass is 32.1. The molecular weight excluding hydrogens is 388 g/mol. The first-order valence-electron chi connectivity index (χ1n) is 7.61. The molecule has 2 N–H and O–H groups in total. The Hall–Kier alpha value is -2.62. The van der Waals surface area contributed by atoms with Gasteiger partial charge in [0.2, 0.25) is 5.91 Å². The van der Waals surface area contributed by atoms with Crippen molar-refractivity contribution in [1.29, 1.82) is 0 Å². The molecule has 1 aromatic carbocycles. The standard InChI is InChI=1S/C17H12N4O2S3/c22-14(20-17-19-12-3-1-2-4-13(12)26-17)7-11-9-25-16(18-11)21-15(23)10-5-6-24-8-10/h1-6,8-9H,7H2,(H,18,21,23)(H,19,20,22). The minimum absolute atomic E-state index is 0.126. The number of carbonyl (C=O) groups is 2. The van der Waals surface area contributed by atoms with Gasteiger partial charge in [-0.15, -0.1) is 11.3 Å². The van der Waals surface area contributed by atoms with Gasteiger partial charge in [0.25, 0.3) is 5.91 Å². The third-order valence-electron chi connectivity index (χ3n) is 3.44. The number of anilines is 2. The second kappa shape index (κ2) is 7.32. The number of nitrogens with one attached hydrogen (secondary N) is 2. The van der Waals surface area contributed by atoms with Crippen LogP contribution in [0.3, 0.4) is 0 Å². The predicted molar refractivity (Wildman–Crippen MR) is 106 cm³/mol. The van der Waals surface area contributed by atoms with Crippen molar-refractivity contribution < 1.29 is 9.59 Å². The van der Waals surface area contributed by atoms with E-state index in [0.29, 0.717) is 21.5 Å². The van der Waals surface area contributed by atoms with Crippen molar-refractivity contribution in [3.8, 4) is 0 Å². The normalized spacial score (nSPS) is 10.8. The molecule has 0 bridgehead atoms. The molecule has 0 atom stereocenters. The van der Waals surface area contributed by atoms with Gasteiger partial charge in [-0.3, -0.25) is 14.9 Å². The van der Waals surface area contributed by atoms with E-state index >= 15 is 0 Å². The Balaban J connectivity index is 1.37. The van der Waals surface area contributed by atoms with Crippen LogP contribution >= 0.6 is 34.0 Å². The zero-order chi connectivity index (χ0) is 17.9. The fraction of sp³-hybridized carbons (Fsp3) is 0.0588. The third-order valence-corrected chi connectivity index (χ3v) is 5.88. The summed E-state index contributed by atoms with van der Waals surface area (Å²) in [6.07, 6.45) is 0.126. The van der Waals surface area contributed by atoms with Gasteiger partial charge in [-0.25, -0.2) is 9.97 Å². The molecule has 0 fully saturated rings. The number of carbonyl (C=O) groups excluding carboxylic acids is 2. The fourth-order valence-corrected chi connectivity index (χ4v) is 4.49. The summed E-state index contributed by atoms with van der Waals surface area (Å²) in [6.45, 7) is 0. The molecule has 130 valence electrons. The van der Waals surface area contributed by atoms with E-state index in [-0.39, 0.29) is 18.2 Å². The van der Waals surface area contributed by atoms with Gasteiger partial charge in [0.05, 0.1) is 27.9 Å². The van der Waals surface area contributed by atoms with E-state index in [2.05, 4.69) is 20.6 Å². The molecule has 0 aliphatic rings. The van der Waals surface area contributed by atoms with Crippen LogP contribution in [0, 0.1) is 0 Å². The van der Waals surface area contributed by atoms with E-state index in [1.807, 2.05) is 29.6 Å². The Bertz CT molecular complexity index is 1040. The molecule has 6 nitrogen and oxygen atoms in total. The summed E-state index contributed by atoms with van der Waals surface area (Å²) in [5.74, 6) is -0.392. The lowest BCUT2D eigenvalue weighted by atomic mass is 10.3. The maximum atomic E-state index is 12.2. The Morgan fingerprint density at radius 1 is 1.00 bits per heavy atom. The molecule has 4 rings (SSSR count). The maximum absolute atomic E-state index is 12.2. The molecule has 0 saturated heterocycles. The van der Waals surface area contributed by atoms with Crippen LogP contribution in [-0.4, -0.2) is 21.8 Å². The van der Waals surface area contributed by atoms with Gasteiger partial charge >= 0.3 is 0 Å². The molecule has 3 aromatic heterocycles. The Kier molecular flexibility index (Phi) is 4.74. The van der Waals surface area contributed by atoms with Crippen LogP contribution in [0.25, 0.3) is 10.2 Å². The molecule has 0 radical (unpaired) electrons. The average molecular weight is 401 g/mol. The summed E-state index contributed by atoms with van der Waals surface area (Å²) in [4.78, 5) is 32.9. The van der Waals surface area contributed by atoms with Crippen LogP contribution in [0.5, 0.6) is 0 Å². The number of hydrogen-bond donors (Lipinski definition) is 2. The highest BCUT2D eigenvalue weighted by Gasteiger charge is 2.13.